The zero-order valence-electron chi connectivity index (χ0n) is 9.62. The van der Waals surface area contributed by atoms with Crippen molar-refractivity contribution in [3.63, 3.8) is 0 Å². The van der Waals surface area contributed by atoms with Crippen LogP contribution in [0.15, 0.2) is 16.9 Å². The van der Waals surface area contributed by atoms with Crippen molar-refractivity contribution in [1.82, 2.24) is 20.1 Å². The fraction of sp³-hybridized carbons (Fsp3) is 0.500. The lowest BCUT2D eigenvalue weighted by atomic mass is 10.1. The highest BCUT2D eigenvalue weighted by atomic mass is 79.9. The number of hydrogen-bond acceptors (Lipinski definition) is 3. The first-order valence-corrected chi connectivity index (χ1v) is 6.83. The standard InChI is InChI=1S/C12H15BrN4/c13-12-6-9-10(7-14-12)15-16-11(9)8-17-4-2-1-3-5-17/h6-7H,1-5,8H2,(H,15,16). The van der Waals surface area contributed by atoms with Gasteiger partial charge in [-0.1, -0.05) is 6.42 Å². The molecule has 5 heteroatoms. The number of likely N-dealkylation sites (tertiary alicyclic amines) is 1. The molecule has 0 saturated carbocycles. The average Bonchev–Trinajstić information content (AvgIpc) is 2.73. The van der Waals surface area contributed by atoms with Crippen LogP contribution in [0.3, 0.4) is 0 Å². The van der Waals surface area contributed by atoms with Crippen molar-refractivity contribution in [3.05, 3.63) is 22.6 Å². The number of aromatic amines is 1. The fourth-order valence-electron chi connectivity index (χ4n) is 2.40. The van der Waals surface area contributed by atoms with Gasteiger partial charge in [0.15, 0.2) is 0 Å². The number of nitrogens with zero attached hydrogens (tertiary/aromatic N) is 3. The van der Waals surface area contributed by atoms with Gasteiger partial charge in [-0.2, -0.15) is 5.10 Å². The Morgan fingerprint density at radius 3 is 2.94 bits per heavy atom. The van der Waals surface area contributed by atoms with Crippen molar-refractivity contribution in [2.24, 2.45) is 0 Å². The van der Waals surface area contributed by atoms with Crippen LogP contribution in [0.1, 0.15) is 25.0 Å². The van der Waals surface area contributed by atoms with Crippen molar-refractivity contribution in [1.29, 1.82) is 0 Å². The van der Waals surface area contributed by atoms with Crippen LogP contribution >= 0.6 is 15.9 Å². The summed E-state index contributed by atoms with van der Waals surface area (Å²) in [6.07, 6.45) is 5.82. The molecule has 0 spiro atoms. The third kappa shape index (κ3) is 2.35. The Bertz CT molecular complexity index is 516. The Balaban J connectivity index is 1.86. The van der Waals surface area contributed by atoms with Crippen LogP contribution in [0.2, 0.25) is 0 Å². The van der Waals surface area contributed by atoms with E-state index in [-0.39, 0.29) is 0 Å². The second-order valence-electron chi connectivity index (χ2n) is 4.56. The van der Waals surface area contributed by atoms with Crippen LogP contribution in [-0.2, 0) is 6.54 Å². The molecule has 1 N–H and O–H groups in total. The number of pyridine rings is 1. The van der Waals surface area contributed by atoms with E-state index >= 15 is 0 Å². The van der Waals surface area contributed by atoms with E-state index in [1.807, 2.05) is 12.3 Å². The largest absolute Gasteiger partial charge is 0.297 e. The first-order valence-electron chi connectivity index (χ1n) is 6.04. The predicted octanol–water partition coefficient (Wildman–Crippen LogP) is 2.71. The lowest BCUT2D eigenvalue weighted by molar-refractivity contribution is 0.219. The average molecular weight is 295 g/mol. The Labute approximate surface area is 109 Å². The van der Waals surface area contributed by atoms with Gasteiger partial charge in [-0.3, -0.25) is 10.00 Å². The molecule has 2 aromatic rings. The maximum absolute atomic E-state index is 4.40. The number of piperidine rings is 1. The molecular formula is C12H15BrN4. The summed E-state index contributed by atoms with van der Waals surface area (Å²) in [5.74, 6) is 0. The molecule has 2 aromatic heterocycles. The molecule has 3 heterocycles. The second kappa shape index (κ2) is 4.74. The number of nitrogens with one attached hydrogen (secondary N) is 1. The summed E-state index contributed by atoms with van der Waals surface area (Å²) < 4.78 is 0.867. The molecular weight excluding hydrogens is 280 g/mol. The van der Waals surface area contributed by atoms with E-state index in [2.05, 4.69) is 36.0 Å². The van der Waals surface area contributed by atoms with Gasteiger partial charge < -0.3 is 0 Å². The summed E-state index contributed by atoms with van der Waals surface area (Å²) in [5.41, 5.74) is 2.14. The van der Waals surface area contributed by atoms with E-state index in [0.717, 1.165) is 22.4 Å². The van der Waals surface area contributed by atoms with Crippen molar-refractivity contribution >= 4 is 26.8 Å². The molecule has 17 heavy (non-hydrogen) atoms. The first kappa shape index (κ1) is 11.2. The van der Waals surface area contributed by atoms with Crippen molar-refractivity contribution < 1.29 is 0 Å². The minimum atomic E-state index is 0.867. The van der Waals surface area contributed by atoms with Gasteiger partial charge in [0.1, 0.15) is 4.60 Å². The molecule has 0 aromatic carbocycles. The van der Waals surface area contributed by atoms with Crippen LogP contribution in [0.25, 0.3) is 10.9 Å². The Morgan fingerprint density at radius 1 is 1.29 bits per heavy atom. The molecule has 4 nitrogen and oxygen atoms in total. The first-order chi connectivity index (χ1) is 8.33. The summed E-state index contributed by atoms with van der Waals surface area (Å²) >= 11 is 3.41. The number of halogens is 1. The molecule has 0 radical (unpaired) electrons. The van der Waals surface area contributed by atoms with Crippen molar-refractivity contribution in [2.45, 2.75) is 25.8 Å². The van der Waals surface area contributed by atoms with E-state index in [0.29, 0.717) is 0 Å². The zero-order chi connectivity index (χ0) is 11.7. The zero-order valence-corrected chi connectivity index (χ0v) is 11.2. The quantitative estimate of drug-likeness (QED) is 0.866. The van der Waals surface area contributed by atoms with Crippen molar-refractivity contribution in [3.8, 4) is 0 Å². The van der Waals surface area contributed by atoms with E-state index in [1.165, 1.54) is 37.7 Å². The van der Waals surface area contributed by atoms with E-state index in [1.54, 1.807) is 0 Å². The van der Waals surface area contributed by atoms with Crippen LogP contribution in [0.5, 0.6) is 0 Å². The van der Waals surface area contributed by atoms with Gasteiger partial charge in [0.05, 0.1) is 17.4 Å². The maximum Gasteiger partial charge on any atom is 0.106 e. The van der Waals surface area contributed by atoms with E-state index < -0.39 is 0 Å². The molecule has 0 aliphatic carbocycles. The SMILES string of the molecule is Brc1cc2c(CN3CCCCC3)n[nH]c2cn1. The Morgan fingerprint density at radius 2 is 2.12 bits per heavy atom. The smallest absolute Gasteiger partial charge is 0.106 e. The highest BCUT2D eigenvalue weighted by molar-refractivity contribution is 9.10. The highest BCUT2D eigenvalue weighted by Crippen LogP contribution is 2.21. The summed E-state index contributed by atoms with van der Waals surface area (Å²) in [6, 6.07) is 2.04. The molecule has 1 aliphatic heterocycles. The minimum Gasteiger partial charge on any atom is -0.297 e. The fourth-order valence-corrected chi connectivity index (χ4v) is 2.73. The highest BCUT2D eigenvalue weighted by Gasteiger charge is 2.14. The van der Waals surface area contributed by atoms with Crippen LogP contribution in [0.4, 0.5) is 0 Å². The minimum absolute atomic E-state index is 0.867. The lowest BCUT2D eigenvalue weighted by Crippen LogP contribution is -2.29. The van der Waals surface area contributed by atoms with Crippen LogP contribution < -0.4 is 0 Å². The molecule has 0 amide bonds. The monoisotopic (exact) mass is 294 g/mol. The summed E-state index contributed by atoms with van der Waals surface area (Å²) in [5, 5.41) is 8.63. The summed E-state index contributed by atoms with van der Waals surface area (Å²) in [6.45, 7) is 3.33. The van der Waals surface area contributed by atoms with Gasteiger partial charge in [-0.25, -0.2) is 4.98 Å². The third-order valence-corrected chi connectivity index (χ3v) is 3.75. The van der Waals surface area contributed by atoms with E-state index in [9.17, 15) is 0 Å². The topological polar surface area (TPSA) is 44.8 Å². The Hall–Kier alpha value is -0.940. The molecule has 0 unspecified atom stereocenters. The summed E-state index contributed by atoms with van der Waals surface area (Å²) in [7, 11) is 0. The van der Waals surface area contributed by atoms with Crippen LogP contribution in [0, 0.1) is 0 Å². The number of aromatic nitrogens is 3. The number of fused-ring (bicyclic) bond motifs is 1. The normalized spacial score (nSPS) is 17.7. The lowest BCUT2D eigenvalue weighted by Gasteiger charge is -2.25. The number of rotatable bonds is 2. The van der Waals surface area contributed by atoms with Crippen LogP contribution in [-0.4, -0.2) is 33.2 Å². The molecule has 3 rings (SSSR count). The molecule has 90 valence electrons. The van der Waals surface area contributed by atoms with Gasteiger partial charge in [-0.15, -0.1) is 0 Å². The van der Waals surface area contributed by atoms with Gasteiger partial charge in [-0.05, 0) is 47.9 Å². The van der Waals surface area contributed by atoms with Crippen molar-refractivity contribution in [2.75, 3.05) is 13.1 Å². The van der Waals surface area contributed by atoms with Gasteiger partial charge in [0.25, 0.3) is 0 Å². The predicted molar refractivity (Wildman–Crippen MR) is 70.7 cm³/mol. The van der Waals surface area contributed by atoms with E-state index in [4.69, 9.17) is 0 Å². The maximum atomic E-state index is 4.40. The third-order valence-electron chi connectivity index (χ3n) is 3.31. The molecule has 1 aliphatic rings. The molecule has 1 saturated heterocycles. The molecule has 0 bridgehead atoms. The molecule has 0 atom stereocenters. The van der Waals surface area contributed by atoms with Gasteiger partial charge >= 0.3 is 0 Å². The summed E-state index contributed by atoms with van der Waals surface area (Å²) in [4.78, 5) is 6.68. The number of hydrogen-bond donors (Lipinski definition) is 1. The van der Waals surface area contributed by atoms with Gasteiger partial charge in [0.2, 0.25) is 0 Å². The Kier molecular flexibility index (Phi) is 3.11. The second-order valence-corrected chi connectivity index (χ2v) is 5.37. The van der Waals surface area contributed by atoms with Gasteiger partial charge in [0, 0.05) is 11.9 Å². The molecule has 1 fully saturated rings. The number of H-pyrrole nitrogens is 1.